The van der Waals surface area contributed by atoms with Crippen molar-refractivity contribution >= 4 is 33.2 Å². The van der Waals surface area contributed by atoms with E-state index < -0.39 is 10.0 Å². The van der Waals surface area contributed by atoms with Crippen LogP contribution in [0.25, 0.3) is 0 Å². The van der Waals surface area contributed by atoms with Gasteiger partial charge in [0, 0.05) is 18.5 Å². The van der Waals surface area contributed by atoms with E-state index in [1.54, 1.807) is 18.2 Å². The van der Waals surface area contributed by atoms with Gasteiger partial charge in [0.1, 0.15) is 5.75 Å². The molecule has 0 saturated carbocycles. The van der Waals surface area contributed by atoms with E-state index in [-0.39, 0.29) is 29.8 Å². The SMILES string of the molecule is COc1ccc(N(CCCC(=O)NC(C)(C)CC(C)(C)C)S(C)(=O)=O)cc1Cl. The average molecular weight is 433 g/mol. The number of amides is 1. The summed E-state index contributed by atoms with van der Waals surface area (Å²) in [7, 11) is -2.01. The molecule has 1 N–H and O–H groups in total. The quantitative estimate of drug-likeness (QED) is 0.633. The van der Waals surface area contributed by atoms with Crippen molar-refractivity contribution in [1.82, 2.24) is 5.32 Å². The van der Waals surface area contributed by atoms with E-state index >= 15 is 0 Å². The topological polar surface area (TPSA) is 75.7 Å². The molecule has 1 amide bonds. The maximum Gasteiger partial charge on any atom is 0.232 e. The van der Waals surface area contributed by atoms with Crippen LogP contribution in [0.5, 0.6) is 5.75 Å². The van der Waals surface area contributed by atoms with Crippen molar-refractivity contribution in [3.8, 4) is 5.75 Å². The molecule has 1 rings (SSSR count). The fourth-order valence-corrected chi connectivity index (χ4v) is 4.70. The van der Waals surface area contributed by atoms with Gasteiger partial charge in [-0.25, -0.2) is 8.42 Å². The molecule has 160 valence electrons. The molecule has 0 saturated heterocycles. The van der Waals surface area contributed by atoms with E-state index in [9.17, 15) is 13.2 Å². The number of carbonyl (C=O) groups is 1. The van der Waals surface area contributed by atoms with Crippen LogP contribution >= 0.6 is 11.6 Å². The summed E-state index contributed by atoms with van der Waals surface area (Å²) in [6.45, 7) is 10.6. The maximum atomic E-state index is 12.3. The highest BCUT2D eigenvalue weighted by Crippen LogP contribution is 2.30. The number of carbonyl (C=O) groups excluding carboxylic acids is 1. The Bertz CT molecular complexity index is 786. The largest absolute Gasteiger partial charge is 0.495 e. The molecule has 0 radical (unpaired) electrons. The van der Waals surface area contributed by atoms with Crippen LogP contribution in [0.1, 0.15) is 53.9 Å². The summed E-state index contributed by atoms with van der Waals surface area (Å²) in [6.07, 6.45) is 2.61. The van der Waals surface area contributed by atoms with Crippen LogP contribution in [0.2, 0.25) is 5.02 Å². The highest BCUT2D eigenvalue weighted by Gasteiger charge is 2.27. The molecular weight excluding hydrogens is 400 g/mol. The van der Waals surface area contributed by atoms with Crippen LogP contribution in [0.3, 0.4) is 0 Å². The average Bonchev–Trinajstić information content (AvgIpc) is 2.47. The normalized spacial score (nSPS) is 12.6. The third-order valence-electron chi connectivity index (χ3n) is 4.04. The minimum Gasteiger partial charge on any atom is -0.495 e. The first-order valence-electron chi connectivity index (χ1n) is 9.27. The lowest BCUT2D eigenvalue weighted by Gasteiger charge is -2.33. The van der Waals surface area contributed by atoms with Gasteiger partial charge in [-0.2, -0.15) is 0 Å². The van der Waals surface area contributed by atoms with Gasteiger partial charge in [0.25, 0.3) is 0 Å². The van der Waals surface area contributed by atoms with Gasteiger partial charge in [-0.3, -0.25) is 9.10 Å². The number of ether oxygens (including phenoxy) is 1. The van der Waals surface area contributed by atoms with E-state index in [1.807, 2.05) is 13.8 Å². The predicted molar refractivity (Wildman–Crippen MR) is 116 cm³/mol. The minimum absolute atomic E-state index is 0.0875. The van der Waals surface area contributed by atoms with Gasteiger partial charge in [0.2, 0.25) is 15.9 Å². The number of sulfonamides is 1. The first kappa shape index (κ1) is 24.6. The Labute approximate surface area is 174 Å². The van der Waals surface area contributed by atoms with E-state index in [1.165, 1.54) is 11.4 Å². The van der Waals surface area contributed by atoms with Crippen LogP contribution in [-0.4, -0.2) is 39.8 Å². The Hall–Kier alpha value is -1.47. The van der Waals surface area contributed by atoms with Gasteiger partial charge in [-0.15, -0.1) is 0 Å². The third kappa shape index (κ3) is 8.27. The summed E-state index contributed by atoms with van der Waals surface area (Å²) in [5.41, 5.74) is 0.217. The molecule has 0 aliphatic heterocycles. The van der Waals surface area contributed by atoms with Crippen LogP contribution in [0.15, 0.2) is 18.2 Å². The summed E-state index contributed by atoms with van der Waals surface area (Å²) in [6, 6.07) is 4.81. The number of nitrogens with one attached hydrogen (secondary N) is 1. The Kier molecular flexibility index (Phi) is 8.21. The van der Waals surface area contributed by atoms with Crippen LogP contribution in [0, 0.1) is 5.41 Å². The van der Waals surface area contributed by atoms with Crippen molar-refractivity contribution in [3.05, 3.63) is 23.2 Å². The van der Waals surface area contributed by atoms with Gasteiger partial charge in [-0.1, -0.05) is 32.4 Å². The Morgan fingerprint density at radius 1 is 1.21 bits per heavy atom. The fourth-order valence-electron chi connectivity index (χ4n) is 3.49. The molecule has 28 heavy (non-hydrogen) atoms. The van der Waals surface area contributed by atoms with Crippen molar-refractivity contribution in [2.75, 3.05) is 24.2 Å². The second-order valence-electron chi connectivity index (χ2n) is 8.93. The van der Waals surface area contributed by atoms with Crippen molar-refractivity contribution in [2.45, 2.75) is 59.4 Å². The van der Waals surface area contributed by atoms with E-state index in [4.69, 9.17) is 16.3 Å². The number of methoxy groups -OCH3 is 1. The Morgan fingerprint density at radius 2 is 1.82 bits per heavy atom. The lowest BCUT2D eigenvalue weighted by Crippen LogP contribution is -2.46. The number of nitrogens with zero attached hydrogens (tertiary/aromatic N) is 1. The maximum absolute atomic E-state index is 12.3. The molecule has 0 fully saturated rings. The molecule has 8 heteroatoms. The van der Waals surface area contributed by atoms with Crippen LogP contribution in [-0.2, 0) is 14.8 Å². The monoisotopic (exact) mass is 432 g/mol. The predicted octanol–water partition coefficient (Wildman–Crippen LogP) is 4.23. The van der Waals surface area contributed by atoms with Crippen molar-refractivity contribution in [3.63, 3.8) is 0 Å². The molecule has 1 aromatic rings. The second kappa shape index (κ2) is 9.35. The van der Waals surface area contributed by atoms with Crippen molar-refractivity contribution in [1.29, 1.82) is 0 Å². The van der Waals surface area contributed by atoms with Gasteiger partial charge in [0.05, 0.1) is 24.1 Å². The number of hydrogen-bond donors (Lipinski definition) is 1. The number of halogens is 1. The van der Waals surface area contributed by atoms with E-state index in [0.717, 1.165) is 12.7 Å². The van der Waals surface area contributed by atoms with Crippen LogP contribution in [0.4, 0.5) is 5.69 Å². The summed E-state index contributed by atoms with van der Waals surface area (Å²) in [5, 5.41) is 3.37. The lowest BCUT2D eigenvalue weighted by atomic mass is 9.82. The zero-order chi connectivity index (χ0) is 21.8. The number of anilines is 1. The summed E-state index contributed by atoms with van der Waals surface area (Å²) >= 11 is 6.12. The molecular formula is C20H33ClN2O4S. The van der Waals surface area contributed by atoms with Crippen molar-refractivity contribution < 1.29 is 17.9 Å². The highest BCUT2D eigenvalue weighted by molar-refractivity contribution is 7.92. The van der Waals surface area contributed by atoms with E-state index in [2.05, 4.69) is 26.1 Å². The Morgan fingerprint density at radius 3 is 2.29 bits per heavy atom. The molecule has 1 aromatic carbocycles. The molecule has 0 aromatic heterocycles. The highest BCUT2D eigenvalue weighted by atomic mass is 35.5. The van der Waals surface area contributed by atoms with Crippen molar-refractivity contribution in [2.24, 2.45) is 5.41 Å². The number of hydrogen-bond acceptors (Lipinski definition) is 4. The first-order chi connectivity index (χ1) is 12.6. The number of rotatable bonds is 9. The molecule has 0 aliphatic rings. The van der Waals surface area contributed by atoms with Gasteiger partial charge in [0.15, 0.2) is 0 Å². The summed E-state index contributed by atoms with van der Waals surface area (Å²) in [5.74, 6) is 0.384. The van der Waals surface area contributed by atoms with E-state index in [0.29, 0.717) is 22.9 Å². The standard InChI is InChI=1S/C20H33ClN2O4S/c1-19(2,3)14-20(4,5)22-18(24)9-8-12-23(28(7,25)26)15-10-11-17(27-6)16(21)13-15/h10-11,13H,8-9,12,14H2,1-7H3,(H,22,24). The Balaban J connectivity index is 2.76. The molecule has 0 atom stereocenters. The molecule has 0 heterocycles. The molecule has 0 unspecified atom stereocenters. The third-order valence-corrected chi connectivity index (χ3v) is 5.53. The molecule has 0 spiro atoms. The van der Waals surface area contributed by atoms with Gasteiger partial charge >= 0.3 is 0 Å². The summed E-state index contributed by atoms with van der Waals surface area (Å²) in [4.78, 5) is 12.3. The van der Waals surface area contributed by atoms with Gasteiger partial charge < -0.3 is 10.1 Å². The zero-order valence-electron chi connectivity index (χ0n) is 17.9. The van der Waals surface area contributed by atoms with Gasteiger partial charge in [-0.05, 0) is 50.3 Å². The minimum atomic E-state index is -3.51. The summed E-state index contributed by atoms with van der Waals surface area (Å²) < 4.78 is 30.8. The fraction of sp³-hybridized carbons (Fsp3) is 0.650. The molecule has 6 nitrogen and oxygen atoms in total. The van der Waals surface area contributed by atoms with Crippen LogP contribution < -0.4 is 14.4 Å². The molecule has 0 aliphatic carbocycles. The zero-order valence-corrected chi connectivity index (χ0v) is 19.5. The lowest BCUT2D eigenvalue weighted by molar-refractivity contribution is -0.123. The number of benzene rings is 1. The first-order valence-corrected chi connectivity index (χ1v) is 11.5. The molecule has 0 bridgehead atoms. The smallest absolute Gasteiger partial charge is 0.232 e. The second-order valence-corrected chi connectivity index (χ2v) is 11.2.